The molecular weight excluding hydrogens is 261 g/mol. The number of nitrogens with one attached hydrogen (secondary N) is 1. The topological polar surface area (TPSA) is 12.0 Å². The first-order valence-corrected chi connectivity index (χ1v) is 5.95. The molecule has 0 aromatic heterocycles. The van der Waals surface area contributed by atoms with Gasteiger partial charge in [0.2, 0.25) is 0 Å². The highest BCUT2D eigenvalue weighted by Gasteiger charge is 2.44. The van der Waals surface area contributed by atoms with Crippen molar-refractivity contribution in [2.75, 3.05) is 13.6 Å². The smallest absolute Gasteiger partial charge is 0.0455 e. The Balaban J connectivity index is 2.32. The highest BCUT2D eigenvalue weighted by atomic mass is 79.9. The maximum absolute atomic E-state index is 6.23. The Morgan fingerprint density at radius 1 is 1.50 bits per heavy atom. The molecule has 0 saturated heterocycles. The predicted molar refractivity (Wildman–Crippen MR) is 64.0 cm³/mol. The van der Waals surface area contributed by atoms with Gasteiger partial charge in [0.25, 0.3) is 0 Å². The Labute approximate surface area is 98.0 Å². The molecule has 0 heterocycles. The summed E-state index contributed by atoms with van der Waals surface area (Å²) in [5.41, 5.74) is 1.60. The van der Waals surface area contributed by atoms with E-state index in [4.69, 9.17) is 11.6 Å². The first-order valence-electron chi connectivity index (χ1n) is 4.78. The SMILES string of the molecule is CNCC1(c2ccc(Br)cc2Cl)CC1. The average molecular weight is 275 g/mol. The molecule has 14 heavy (non-hydrogen) atoms. The van der Waals surface area contributed by atoms with Crippen molar-refractivity contribution in [2.24, 2.45) is 0 Å². The van der Waals surface area contributed by atoms with E-state index >= 15 is 0 Å². The lowest BCUT2D eigenvalue weighted by Crippen LogP contribution is -2.23. The van der Waals surface area contributed by atoms with Gasteiger partial charge < -0.3 is 5.32 Å². The molecular formula is C11H13BrClN. The summed E-state index contributed by atoms with van der Waals surface area (Å²) < 4.78 is 1.05. The molecule has 1 aliphatic rings. The first-order chi connectivity index (χ1) is 6.68. The van der Waals surface area contributed by atoms with Gasteiger partial charge in [-0.2, -0.15) is 0 Å². The molecule has 1 N–H and O–H groups in total. The maximum atomic E-state index is 6.23. The summed E-state index contributed by atoms with van der Waals surface area (Å²) in [5.74, 6) is 0. The van der Waals surface area contributed by atoms with Gasteiger partial charge in [0.1, 0.15) is 0 Å². The molecule has 1 aliphatic carbocycles. The highest BCUT2D eigenvalue weighted by molar-refractivity contribution is 9.10. The number of hydrogen-bond donors (Lipinski definition) is 1. The van der Waals surface area contributed by atoms with E-state index in [-0.39, 0.29) is 0 Å². The number of halogens is 2. The first kappa shape index (κ1) is 10.5. The minimum Gasteiger partial charge on any atom is -0.319 e. The van der Waals surface area contributed by atoms with Crippen molar-refractivity contribution in [3.05, 3.63) is 33.3 Å². The van der Waals surface area contributed by atoms with Crippen molar-refractivity contribution < 1.29 is 0 Å². The number of benzene rings is 1. The summed E-state index contributed by atoms with van der Waals surface area (Å²) in [7, 11) is 1.99. The summed E-state index contributed by atoms with van der Waals surface area (Å²) in [6.07, 6.45) is 2.49. The third-order valence-corrected chi connectivity index (χ3v) is 3.68. The normalized spacial score (nSPS) is 18.2. The van der Waals surface area contributed by atoms with Crippen LogP contribution in [0.4, 0.5) is 0 Å². The fraction of sp³-hybridized carbons (Fsp3) is 0.455. The number of likely N-dealkylation sites (N-methyl/N-ethyl adjacent to an activating group) is 1. The van der Waals surface area contributed by atoms with Crippen LogP contribution in [0.2, 0.25) is 5.02 Å². The van der Waals surface area contributed by atoms with Crippen LogP contribution in [0.5, 0.6) is 0 Å². The van der Waals surface area contributed by atoms with Gasteiger partial charge in [0, 0.05) is 21.5 Å². The van der Waals surface area contributed by atoms with Crippen LogP contribution in [0.3, 0.4) is 0 Å². The van der Waals surface area contributed by atoms with Crippen LogP contribution >= 0.6 is 27.5 Å². The van der Waals surface area contributed by atoms with Crippen LogP contribution < -0.4 is 5.32 Å². The zero-order chi connectivity index (χ0) is 10.2. The van der Waals surface area contributed by atoms with Gasteiger partial charge in [-0.05, 0) is 37.6 Å². The van der Waals surface area contributed by atoms with Gasteiger partial charge in [0.05, 0.1) is 0 Å². The Bertz CT molecular complexity index is 347. The molecule has 1 saturated carbocycles. The summed E-state index contributed by atoms with van der Waals surface area (Å²) in [6, 6.07) is 6.18. The van der Waals surface area contributed by atoms with Crippen LogP contribution in [0.15, 0.2) is 22.7 Å². The van der Waals surface area contributed by atoms with E-state index in [0.717, 1.165) is 16.0 Å². The second-order valence-electron chi connectivity index (χ2n) is 3.93. The molecule has 0 radical (unpaired) electrons. The van der Waals surface area contributed by atoms with Crippen molar-refractivity contribution >= 4 is 27.5 Å². The molecule has 0 spiro atoms. The fourth-order valence-corrected chi connectivity index (χ4v) is 2.82. The standard InChI is InChI=1S/C11H13BrClN/c1-14-7-11(4-5-11)9-3-2-8(12)6-10(9)13/h2-3,6,14H,4-5,7H2,1H3. The largest absolute Gasteiger partial charge is 0.319 e. The molecule has 0 aliphatic heterocycles. The molecule has 1 nitrogen and oxygen atoms in total. The second kappa shape index (κ2) is 3.84. The molecule has 0 amide bonds. The lowest BCUT2D eigenvalue weighted by molar-refractivity contribution is 0.624. The van der Waals surface area contributed by atoms with Gasteiger partial charge >= 0.3 is 0 Å². The van der Waals surface area contributed by atoms with Gasteiger partial charge in [0.15, 0.2) is 0 Å². The van der Waals surface area contributed by atoms with Crippen LogP contribution in [0.25, 0.3) is 0 Å². The summed E-state index contributed by atoms with van der Waals surface area (Å²) in [4.78, 5) is 0. The van der Waals surface area contributed by atoms with E-state index in [1.165, 1.54) is 18.4 Å². The monoisotopic (exact) mass is 273 g/mol. The molecule has 0 bridgehead atoms. The van der Waals surface area contributed by atoms with E-state index in [1.807, 2.05) is 13.1 Å². The summed E-state index contributed by atoms with van der Waals surface area (Å²) in [6.45, 7) is 1.02. The maximum Gasteiger partial charge on any atom is 0.0455 e. The third-order valence-electron chi connectivity index (χ3n) is 2.87. The number of hydrogen-bond acceptors (Lipinski definition) is 1. The minimum atomic E-state index is 0.312. The van der Waals surface area contributed by atoms with Crippen LogP contribution in [-0.2, 0) is 5.41 Å². The van der Waals surface area contributed by atoms with Crippen molar-refractivity contribution in [3.63, 3.8) is 0 Å². The fourth-order valence-electron chi connectivity index (χ4n) is 1.95. The molecule has 1 aromatic rings. The van der Waals surface area contributed by atoms with E-state index in [0.29, 0.717) is 5.41 Å². The summed E-state index contributed by atoms with van der Waals surface area (Å²) >= 11 is 9.65. The van der Waals surface area contributed by atoms with E-state index in [9.17, 15) is 0 Å². The zero-order valence-electron chi connectivity index (χ0n) is 8.11. The van der Waals surface area contributed by atoms with E-state index in [1.54, 1.807) is 0 Å². The van der Waals surface area contributed by atoms with Gasteiger partial charge in [-0.15, -0.1) is 0 Å². The molecule has 0 unspecified atom stereocenters. The summed E-state index contributed by atoms with van der Waals surface area (Å²) in [5, 5.41) is 4.12. The minimum absolute atomic E-state index is 0.312. The van der Waals surface area contributed by atoms with Crippen molar-refractivity contribution in [2.45, 2.75) is 18.3 Å². The van der Waals surface area contributed by atoms with Crippen molar-refractivity contribution in [1.82, 2.24) is 5.32 Å². The van der Waals surface area contributed by atoms with Crippen molar-refractivity contribution in [3.8, 4) is 0 Å². The lowest BCUT2D eigenvalue weighted by atomic mass is 9.96. The Hall–Kier alpha value is -0.0500. The Morgan fingerprint density at radius 3 is 2.71 bits per heavy atom. The van der Waals surface area contributed by atoms with Gasteiger partial charge in [-0.1, -0.05) is 33.6 Å². The van der Waals surface area contributed by atoms with Crippen molar-refractivity contribution in [1.29, 1.82) is 0 Å². The zero-order valence-corrected chi connectivity index (χ0v) is 10.5. The Morgan fingerprint density at radius 2 is 2.21 bits per heavy atom. The van der Waals surface area contributed by atoms with Crippen LogP contribution in [0, 0.1) is 0 Å². The molecule has 2 rings (SSSR count). The molecule has 1 aromatic carbocycles. The molecule has 3 heteroatoms. The molecule has 1 fully saturated rings. The predicted octanol–water partition coefficient (Wildman–Crippen LogP) is 3.35. The Kier molecular flexibility index (Phi) is 2.87. The van der Waals surface area contributed by atoms with Gasteiger partial charge in [-0.25, -0.2) is 0 Å². The van der Waals surface area contributed by atoms with E-state index in [2.05, 4.69) is 33.4 Å². The second-order valence-corrected chi connectivity index (χ2v) is 5.26. The highest BCUT2D eigenvalue weighted by Crippen LogP contribution is 2.50. The van der Waals surface area contributed by atoms with Crippen LogP contribution in [-0.4, -0.2) is 13.6 Å². The van der Waals surface area contributed by atoms with E-state index < -0.39 is 0 Å². The average Bonchev–Trinajstić information content (AvgIpc) is 2.86. The van der Waals surface area contributed by atoms with Crippen LogP contribution in [0.1, 0.15) is 18.4 Å². The lowest BCUT2D eigenvalue weighted by Gasteiger charge is -2.16. The van der Waals surface area contributed by atoms with Gasteiger partial charge in [-0.3, -0.25) is 0 Å². The molecule has 76 valence electrons. The quantitative estimate of drug-likeness (QED) is 0.891. The third kappa shape index (κ3) is 1.83. The molecule has 0 atom stereocenters. The number of rotatable bonds is 3.